The summed E-state index contributed by atoms with van der Waals surface area (Å²) >= 11 is 0. The number of carbonyl (C=O) groups is 10. The fraction of sp³-hybridized carbons (Fsp3) is 0.628. The van der Waals surface area contributed by atoms with Gasteiger partial charge in [0.1, 0.15) is 63.3 Å². The number of hydrogen-bond acceptors (Lipinski definition) is 19. The van der Waals surface area contributed by atoms with Gasteiger partial charge in [0.2, 0.25) is 11.8 Å². The summed E-state index contributed by atoms with van der Waals surface area (Å²) in [5.74, 6) is -5.45. The Kier molecular flexibility index (Phi) is 27.3. The highest BCUT2D eigenvalue weighted by atomic mass is 16.6. The van der Waals surface area contributed by atoms with Gasteiger partial charge in [-0.15, -0.1) is 0 Å². The van der Waals surface area contributed by atoms with Crippen LogP contribution in [0.1, 0.15) is 72.8 Å². The van der Waals surface area contributed by atoms with Crippen LogP contribution >= 0.6 is 0 Å². The SMILES string of the molecule is CC(=O)OCC(COC(C)=O)(COC(C)=O)NC(=O)CCN(CCC(=O)NC(COC(C)=O)(COC(C)=O)COC(C)=O)CCN(CCN(CCC=O)CCC=O)Cc1ccccc1. The molecule has 0 fully saturated rings. The van der Waals surface area contributed by atoms with Crippen molar-refractivity contribution < 1.29 is 76.4 Å². The molecule has 0 aliphatic heterocycles. The third-order valence-electron chi connectivity index (χ3n) is 9.27. The molecule has 1 aromatic rings. The van der Waals surface area contributed by atoms with Crippen LogP contribution in [-0.2, 0) is 82.9 Å². The maximum Gasteiger partial charge on any atom is 0.302 e. The highest BCUT2D eigenvalue weighted by molar-refractivity contribution is 5.78. The number of ether oxygens (including phenoxy) is 6. The van der Waals surface area contributed by atoms with Crippen LogP contribution < -0.4 is 10.6 Å². The van der Waals surface area contributed by atoms with Crippen LogP contribution in [0.4, 0.5) is 0 Å². The minimum atomic E-state index is -1.65. The van der Waals surface area contributed by atoms with E-state index in [-0.39, 0.29) is 25.9 Å². The van der Waals surface area contributed by atoms with E-state index in [0.717, 1.165) is 59.7 Å². The second kappa shape index (κ2) is 31.1. The van der Waals surface area contributed by atoms with Crippen molar-refractivity contribution in [2.45, 2.75) is 84.8 Å². The van der Waals surface area contributed by atoms with E-state index in [4.69, 9.17) is 28.4 Å². The molecular formula is C43H65N5O16. The van der Waals surface area contributed by atoms with Crippen molar-refractivity contribution in [3.8, 4) is 0 Å². The highest BCUT2D eigenvalue weighted by Crippen LogP contribution is 2.14. The fourth-order valence-electron chi connectivity index (χ4n) is 5.96. The molecule has 0 aromatic heterocycles. The Labute approximate surface area is 374 Å². The van der Waals surface area contributed by atoms with E-state index in [1.54, 1.807) is 0 Å². The molecule has 0 saturated heterocycles. The van der Waals surface area contributed by atoms with Crippen LogP contribution in [0.5, 0.6) is 0 Å². The summed E-state index contributed by atoms with van der Waals surface area (Å²) in [7, 11) is 0. The third-order valence-corrected chi connectivity index (χ3v) is 9.27. The fourth-order valence-corrected chi connectivity index (χ4v) is 5.96. The van der Waals surface area contributed by atoms with E-state index in [0.29, 0.717) is 58.7 Å². The van der Waals surface area contributed by atoms with Crippen LogP contribution in [0.2, 0.25) is 0 Å². The molecule has 21 heteroatoms. The van der Waals surface area contributed by atoms with E-state index in [1.807, 2.05) is 40.1 Å². The van der Waals surface area contributed by atoms with Gasteiger partial charge in [-0.25, -0.2) is 0 Å². The molecule has 2 N–H and O–H groups in total. The number of carbonyl (C=O) groups excluding carboxylic acids is 10. The Morgan fingerprint density at radius 3 is 1.05 bits per heavy atom. The summed E-state index contributed by atoms with van der Waals surface area (Å²) in [6.07, 6.45) is 1.82. The summed E-state index contributed by atoms with van der Waals surface area (Å²) < 4.78 is 31.0. The van der Waals surface area contributed by atoms with Crippen LogP contribution in [0.15, 0.2) is 30.3 Å². The topological polar surface area (TPSA) is 260 Å². The van der Waals surface area contributed by atoms with Crippen molar-refractivity contribution in [2.75, 3.05) is 92.0 Å². The molecule has 64 heavy (non-hydrogen) atoms. The lowest BCUT2D eigenvalue weighted by Gasteiger charge is -2.34. The van der Waals surface area contributed by atoms with Gasteiger partial charge < -0.3 is 58.4 Å². The maximum absolute atomic E-state index is 13.7. The minimum Gasteiger partial charge on any atom is -0.463 e. The summed E-state index contributed by atoms with van der Waals surface area (Å²) in [5.41, 5.74) is -2.28. The number of aldehydes is 2. The molecule has 0 heterocycles. The van der Waals surface area contributed by atoms with Gasteiger partial charge in [0.25, 0.3) is 0 Å². The predicted octanol–water partition coefficient (Wildman–Crippen LogP) is 0.139. The molecule has 21 nitrogen and oxygen atoms in total. The molecule has 358 valence electrons. The molecule has 0 saturated carbocycles. The van der Waals surface area contributed by atoms with Crippen molar-refractivity contribution in [3.63, 3.8) is 0 Å². The van der Waals surface area contributed by atoms with Gasteiger partial charge in [-0.3, -0.25) is 43.3 Å². The highest BCUT2D eigenvalue weighted by Gasteiger charge is 2.38. The first kappa shape index (κ1) is 56.2. The number of benzene rings is 1. The average Bonchev–Trinajstić information content (AvgIpc) is 3.24. The number of hydrogen-bond donors (Lipinski definition) is 2. The Morgan fingerprint density at radius 2 is 0.750 bits per heavy atom. The summed E-state index contributed by atoms with van der Waals surface area (Å²) in [6.45, 7) is 7.15. The Morgan fingerprint density at radius 1 is 0.453 bits per heavy atom. The number of nitrogens with zero attached hydrogens (tertiary/aromatic N) is 3. The van der Waals surface area contributed by atoms with Gasteiger partial charge in [0.05, 0.1) is 0 Å². The Balaban J connectivity index is 3.51. The van der Waals surface area contributed by atoms with E-state index in [9.17, 15) is 47.9 Å². The number of esters is 6. The van der Waals surface area contributed by atoms with Crippen LogP contribution in [-0.4, -0.2) is 178 Å². The molecule has 0 aliphatic carbocycles. The van der Waals surface area contributed by atoms with Gasteiger partial charge in [-0.1, -0.05) is 30.3 Å². The molecule has 0 radical (unpaired) electrons. The number of rotatable bonds is 34. The van der Waals surface area contributed by atoms with Crippen LogP contribution in [0.25, 0.3) is 0 Å². The lowest BCUT2D eigenvalue weighted by atomic mass is 10.0. The van der Waals surface area contributed by atoms with Crippen molar-refractivity contribution in [2.24, 2.45) is 0 Å². The van der Waals surface area contributed by atoms with E-state index < -0.39 is 98.3 Å². The zero-order chi connectivity index (χ0) is 48.0. The van der Waals surface area contributed by atoms with Gasteiger partial charge in [0.15, 0.2) is 0 Å². The normalized spacial score (nSPS) is 11.3. The molecule has 1 aromatic carbocycles. The van der Waals surface area contributed by atoms with Crippen molar-refractivity contribution in [3.05, 3.63) is 35.9 Å². The second-order valence-corrected chi connectivity index (χ2v) is 15.2. The smallest absolute Gasteiger partial charge is 0.302 e. The molecule has 0 unspecified atom stereocenters. The number of amides is 2. The summed E-state index contributed by atoms with van der Waals surface area (Å²) in [5, 5.41) is 5.43. The molecular weight excluding hydrogens is 842 g/mol. The summed E-state index contributed by atoms with van der Waals surface area (Å²) in [6, 6.07) is 9.65. The quantitative estimate of drug-likeness (QED) is 0.0529. The van der Waals surface area contributed by atoms with Crippen LogP contribution in [0, 0.1) is 0 Å². The van der Waals surface area contributed by atoms with Crippen molar-refractivity contribution in [1.29, 1.82) is 0 Å². The predicted molar refractivity (Wildman–Crippen MR) is 227 cm³/mol. The lowest BCUT2D eigenvalue weighted by molar-refractivity contribution is -0.158. The van der Waals surface area contributed by atoms with Gasteiger partial charge in [0, 0.05) is 126 Å². The lowest BCUT2D eigenvalue weighted by Crippen LogP contribution is -2.59. The summed E-state index contributed by atoms with van der Waals surface area (Å²) in [4.78, 5) is 127. The average molecular weight is 908 g/mol. The molecule has 1 rings (SSSR count). The zero-order valence-corrected chi connectivity index (χ0v) is 37.9. The first-order valence-electron chi connectivity index (χ1n) is 20.8. The van der Waals surface area contributed by atoms with Gasteiger partial charge in [-0.05, 0) is 5.56 Å². The molecule has 0 aliphatic rings. The molecule has 0 bridgehead atoms. The van der Waals surface area contributed by atoms with E-state index in [2.05, 4.69) is 15.5 Å². The van der Waals surface area contributed by atoms with Crippen LogP contribution in [0.3, 0.4) is 0 Å². The monoisotopic (exact) mass is 907 g/mol. The molecule has 0 spiro atoms. The Bertz CT molecular complexity index is 1490. The van der Waals surface area contributed by atoms with Crippen molar-refractivity contribution >= 4 is 60.2 Å². The maximum atomic E-state index is 13.7. The van der Waals surface area contributed by atoms with Gasteiger partial charge >= 0.3 is 35.8 Å². The first-order chi connectivity index (χ1) is 30.3. The minimum absolute atomic E-state index is 0.0490. The van der Waals surface area contributed by atoms with E-state index in [1.165, 1.54) is 0 Å². The van der Waals surface area contributed by atoms with E-state index >= 15 is 0 Å². The zero-order valence-electron chi connectivity index (χ0n) is 37.9. The standard InChI is InChI=1S/C43H65N5O16/c1-33(51)59-27-42(28-60-34(2)52,29-61-35(3)53)44-40(57)14-18-47(19-15-41(58)45-43(30-62-36(4)54,31-63-37(5)55)32-64-38(6)56)21-23-48(26-39-12-8-7-9-13-39)22-20-46(16-10-24-49)17-11-25-50/h7-9,12-13,24-25H,10-11,14-23,26-32H2,1-6H3,(H,44,57)(H,45,58). The molecule has 0 atom stereocenters. The first-order valence-corrected chi connectivity index (χ1v) is 20.8. The van der Waals surface area contributed by atoms with Gasteiger partial charge in [-0.2, -0.15) is 0 Å². The second-order valence-electron chi connectivity index (χ2n) is 15.2. The Hall–Kier alpha value is -5.80. The van der Waals surface area contributed by atoms with Crippen molar-refractivity contribution in [1.82, 2.24) is 25.3 Å². The molecule has 2 amide bonds. The largest absolute Gasteiger partial charge is 0.463 e. The third kappa shape index (κ3) is 26.6. The number of nitrogens with one attached hydrogen (secondary N) is 2.